The number of hydrogen-bond acceptors (Lipinski definition) is 5. The van der Waals surface area contributed by atoms with E-state index in [1.54, 1.807) is 26.8 Å². The van der Waals surface area contributed by atoms with Gasteiger partial charge in [-0.25, -0.2) is 8.42 Å². The fourth-order valence-corrected chi connectivity index (χ4v) is 4.02. The van der Waals surface area contributed by atoms with Crippen LogP contribution in [0.15, 0.2) is 11.0 Å². The summed E-state index contributed by atoms with van der Waals surface area (Å²) in [4.78, 5) is 11.1. The lowest BCUT2D eigenvalue weighted by Gasteiger charge is -2.20. The van der Waals surface area contributed by atoms with Gasteiger partial charge in [-0.1, -0.05) is 0 Å². The van der Waals surface area contributed by atoms with Crippen molar-refractivity contribution in [1.82, 2.24) is 4.72 Å². The third kappa shape index (κ3) is 3.57. The summed E-state index contributed by atoms with van der Waals surface area (Å²) in [6, 6.07) is -0.0408. The van der Waals surface area contributed by atoms with Crippen molar-refractivity contribution < 1.29 is 28.2 Å². The predicted octanol–water partition coefficient (Wildman–Crippen LogP) is 0.733. The number of aliphatic carboxylic acids is 1. The summed E-state index contributed by atoms with van der Waals surface area (Å²) in [7, 11) is -2.62. The van der Waals surface area contributed by atoms with Crippen LogP contribution in [0.1, 0.15) is 23.6 Å². The van der Waals surface area contributed by atoms with Crippen molar-refractivity contribution in [3.63, 3.8) is 0 Å². The molecule has 124 valence electrons. The minimum absolute atomic E-state index is 0.00213. The third-order valence-electron chi connectivity index (χ3n) is 3.50. The molecule has 2 atom stereocenters. The molecule has 0 saturated carbocycles. The molecule has 0 saturated heterocycles. The third-order valence-corrected chi connectivity index (χ3v) is 5.23. The van der Waals surface area contributed by atoms with Crippen molar-refractivity contribution in [2.75, 3.05) is 7.11 Å². The van der Waals surface area contributed by atoms with E-state index >= 15 is 0 Å². The van der Waals surface area contributed by atoms with Crippen molar-refractivity contribution in [3.05, 3.63) is 22.8 Å². The van der Waals surface area contributed by atoms with Gasteiger partial charge in [0.2, 0.25) is 10.0 Å². The Morgan fingerprint density at radius 3 is 2.23 bits per heavy atom. The number of nitrogens with one attached hydrogen (secondary N) is 1. The van der Waals surface area contributed by atoms with Crippen LogP contribution in [0.4, 0.5) is 0 Å². The highest BCUT2D eigenvalue weighted by Crippen LogP contribution is 2.30. The molecule has 0 aliphatic carbocycles. The van der Waals surface area contributed by atoms with Crippen LogP contribution in [-0.4, -0.2) is 43.9 Å². The Bertz CT molecular complexity index is 681. The molecular formula is C14H21NO6S. The molecule has 8 heteroatoms. The first-order valence-electron chi connectivity index (χ1n) is 6.61. The molecule has 0 aliphatic rings. The molecule has 7 nitrogen and oxygen atoms in total. The predicted molar refractivity (Wildman–Crippen MR) is 80.6 cm³/mol. The molecule has 0 bridgehead atoms. The van der Waals surface area contributed by atoms with Crippen LogP contribution >= 0.6 is 0 Å². The van der Waals surface area contributed by atoms with E-state index in [1.807, 2.05) is 4.72 Å². The van der Waals surface area contributed by atoms with E-state index in [0.717, 1.165) is 0 Å². The number of aryl methyl sites for hydroxylation is 1. The van der Waals surface area contributed by atoms with Gasteiger partial charge in [-0.3, -0.25) is 4.79 Å². The minimum atomic E-state index is -4.10. The van der Waals surface area contributed by atoms with E-state index in [1.165, 1.54) is 14.0 Å². The van der Waals surface area contributed by atoms with Gasteiger partial charge >= 0.3 is 5.97 Å². The highest BCUT2D eigenvalue weighted by molar-refractivity contribution is 7.89. The quantitative estimate of drug-likeness (QED) is 0.708. The molecule has 1 aromatic rings. The second-order valence-electron chi connectivity index (χ2n) is 5.15. The van der Waals surface area contributed by atoms with Gasteiger partial charge in [-0.2, -0.15) is 4.72 Å². The summed E-state index contributed by atoms with van der Waals surface area (Å²) in [6.07, 6.45) is -1.37. The Labute approximate surface area is 130 Å². The lowest BCUT2D eigenvalue weighted by molar-refractivity contribution is -0.141. The molecular weight excluding hydrogens is 310 g/mol. The number of benzene rings is 1. The second-order valence-corrected chi connectivity index (χ2v) is 6.80. The van der Waals surface area contributed by atoms with Crippen LogP contribution in [0.25, 0.3) is 0 Å². The summed E-state index contributed by atoms with van der Waals surface area (Å²) < 4.78 is 32.3. The van der Waals surface area contributed by atoms with Gasteiger partial charge in [0.05, 0.1) is 18.1 Å². The summed E-state index contributed by atoms with van der Waals surface area (Å²) in [5, 5.41) is 18.5. The molecule has 0 radical (unpaired) electrons. The van der Waals surface area contributed by atoms with E-state index in [4.69, 9.17) is 9.84 Å². The Morgan fingerprint density at radius 1 is 1.27 bits per heavy atom. The second kappa shape index (κ2) is 6.64. The molecule has 0 heterocycles. The number of aliphatic hydroxyl groups excluding tert-OH is 1. The number of carbonyl (C=O) groups is 1. The molecule has 0 amide bonds. The summed E-state index contributed by atoms with van der Waals surface area (Å²) >= 11 is 0. The largest absolute Gasteiger partial charge is 0.496 e. The smallest absolute Gasteiger partial charge is 0.324 e. The lowest BCUT2D eigenvalue weighted by atomic mass is 10.1. The van der Waals surface area contributed by atoms with Gasteiger partial charge in [0.1, 0.15) is 11.8 Å². The number of methoxy groups -OCH3 is 1. The van der Waals surface area contributed by atoms with Gasteiger partial charge in [-0.05, 0) is 50.5 Å². The van der Waals surface area contributed by atoms with Crippen LogP contribution in [0.3, 0.4) is 0 Å². The van der Waals surface area contributed by atoms with E-state index in [-0.39, 0.29) is 4.90 Å². The van der Waals surface area contributed by atoms with Gasteiger partial charge in [0, 0.05) is 0 Å². The summed E-state index contributed by atoms with van der Waals surface area (Å²) in [6.45, 7) is 6.15. The lowest BCUT2D eigenvalue weighted by Crippen LogP contribution is -2.47. The molecule has 0 aromatic heterocycles. The van der Waals surface area contributed by atoms with Crippen LogP contribution in [-0.2, 0) is 14.8 Å². The Balaban J connectivity index is 3.41. The number of carboxylic acid groups (broad SMARTS) is 1. The van der Waals surface area contributed by atoms with Crippen LogP contribution in [0.2, 0.25) is 0 Å². The number of carboxylic acids is 1. The van der Waals surface area contributed by atoms with E-state index < -0.39 is 28.1 Å². The van der Waals surface area contributed by atoms with Crippen molar-refractivity contribution >= 4 is 16.0 Å². The molecule has 1 unspecified atom stereocenters. The van der Waals surface area contributed by atoms with Gasteiger partial charge in [-0.15, -0.1) is 0 Å². The SMILES string of the molecule is COc1cc(C)c(S(=O)(=O)NC(C(=O)O)[C@@H](C)O)c(C)c1C. The topological polar surface area (TPSA) is 113 Å². The Kier molecular flexibility index (Phi) is 5.55. The molecule has 0 spiro atoms. The van der Waals surface area contributed by atoms with Crippen LogP contribution < -0.4 is 9.46 Å². The average Bonchev–Trinajstić information content (AvgIpc) is 2.39. The Hall–Kier alpha value is -1.64. The zero-order valence-corrected chi connectivity index (χ0v) is 14.0. The monoisotopic (exact) mass is 331 g/mol. The molecule has 0 fully saturated rings. The van der Waals surface area contributed by atoms with Gasteiger partial charge in [0.25, 0.3) is 0 Å². The van der Waals surface area contributed by atoms with Gasteiger partial charge < -0.3 is 14.9 Å². The maximum absolute atomic E-state index is 12.5. The van der Waals surface area contributed by atoms with Crippen molar-refractivity contribution in [2.45, 2.75) is 44.7 Å². The number of rotatable bonds is 6. The number of aliphatic hydroxyl groups is 1. The first-order chi connectivity index (χ1) is 10.0. The average molecular weight is 331 g/mol. The van der Waals surface area contributed by atoms with Crippen molar-refractivity contribution in [1.29, 1.82) is 0 Å². The molecule has 1 aromatic carbocycles. The Morgan fingerprint density at radius 2 is 1.82 bits per heavy atom. The number of sulfonamides is 1. The molecule has 3 N–H and O–H groups in total. The zero-order chi connectivity index (χ0) is 17.2. The van der Waals surface area contributed by atoms with E-state index in [2.05, 4.69) is 0 Å². The molecule has 22 heavy (non-hydrogen) atoms. The number of ether oxygens (including phenoxy) is 1. The highest BCUT2D eigenvalue weighted by Gasteiger charge is 2.31. The van der Waals surface area contributed by atoms with E-state index in [0.29, 0.717) is 22.4 Å². The standard InChI is InChI=1S/C14H21NO6S/c1-7-6-11(21-5)8(2)9(3)13(7)22(19,20)15-12(10(4)16)14(17)18/h6,10,12,15-16H,1-5H3,(H,17,18)/t10-,12?/m1/s1. The van der Waals surface area contributed by atoms with Crippen LogP contribution in [0, 0.1) is 20.8 Å². The minimum Gasteiger partial charge on any atom is -0.496 e. The summed E-state index contributed by atoms with van der Waals surface area (Å²) in [5.41, 5.74) is 1.55. The van der Waals surface area contributed by atoms with Gasteiger partial charge in [0.15, 0.2) is 0 Å². The maximum Gasteiger partial charge on any atom is 0.324 e. The first-order valence-corrected chi connectivity index (χ1v) is 8.09. The molecule has 0 aliphatic heterocycles. The highest BCUT2D eigenvalue weighted by atomic mass is 32.2. The van der Waals surface area contributed by atoms with Crippen LogP contribution in [0.5, 0.6) is 5.75 Å². The van der Waals surface area contributed by atoms with Crippen molar-refractivity contribution in [2.24, 2.45) is 0 Å². The zero-order valence-electron chi connectivity index (χ0n) is 13.2. The van der Waals surface area contributed by atoms with E-state index in [9.17, 15) is 18.3 Å². The van der Waals surface area contributed by atoms with Crippen molar-refractivity contribution in [3.8, 4) is 5.75 Å². The summed E-state index contributed by atoms with van der Waals surface area (Å²) in [5.74, 6) is -0.890. The first kappa shape index (κ1) is 18.4. The molecule has 1 rings (SSSR count). The maximum atomic E-state index is 12.5. The fraction of sp³-hybridized carbons (Fsp3) is 0.500. The number of hydrogen-bond donors (Lipinski definition) is 3. The fourth-order valence-electron chi connectivity index (χ4n) is 2.23. The normalized spacial score (nSPS) is 14.5.